The third-order valence-electron chi connectivity index (χ3n) is 5.12. The van der Waals surface area contributed by atoms with Gasteiger partial charge in [-0.1, -0.05) is 54.6 Å². The number of allylic oxidation sites excluding steroid dienone is 1. The Bertz CT molecular complexity index is 962. The number of aliphatic hydroxyl groups is 1. The van der Waals surface area contributed by atoms with Crippen molar-refractivity contribution in [1.82, 2.24) is 4.90 Å². The lowest BCUT2D eigenvalue weighted by Gasteiger charge is -2.18. The monoisotopic (exact) mass is 417 g/mol. The molecule has 0 saturated carbocycles. The van der Waals surface area contributed by atoms with E-state index >= 15 is 0 Å². The molecule has 0 spiro atoms. The van der Waals surface area contributed by atoms with Crippen LogP contribution in [-0.4, -0.2) is 49.0 Å². The van der Waals surface area contributed by atoms with E-state index < -0.39 is 0 Å². The number of ether oxygens (including phenoxy) is 1. The second-order valence-corrected chi connectivity index (χ2v) is 7.77. The lowest BCUT2D eigenvalue weighted by atomic mass is 9.87. The first kappa shape index (κ1) is 22.6. The maximum Gasteiger partial charge on any atom is 0.119 e. The Morgan fingerprint density at radius 3 is 2.00 bits per heavy atom. The first-order valence-corrected chi connectivity index (χ1v) is 10.7. The van der Waals surface area contributed by atoms with Crippen molar-refractivity contribution < 1.29 is 14.9 Å². The predicted octanol–water partition coefficient (Wildman–Crippen LogP) is 5.06. The van der Waals surface area contributed by atoms with Gasteiger partial charge in [0.05, 0.1) is 0 Å². The minimum absolute atomic E-state index is 0.137. The van der Waals surface area contributed by atoms with Crippen LogP contribution in [-0.2, 0) is 0 Å². The van der Waals surface area contributed by atoms with Crippen LogP contribution in [0.2, 0.25) is 0 Å². The van der Waals surface area contributed by atoms with Crippen LogP contribution in [0.25, 0.3) is 11.1 Å². The van der Waals surface area contributed by atoms with Crippen molar-refractivity contribution in [2.75, 3.05) is 33.9 Å². The smallest absolute Gasteiger partial charge is 0.119 e. The molecule has 162 valence electrons. The molecule has 0 aliphatic rings. The highest BCUT2D eigenvalue weighted by Crippen LogP contribution is 2.36. The van der Waals surface area contributed by atoms with Gasteiger partial charge in [0.2, 0.25) is 0 Å². The summed E-state index contributed by atoms with van der Waals surface area (Å²) in [5.74, 6) is 1.08. The highest BCUT2D eigenvalue weighted by atomic mass is 16.5. The normalized spacial score (nSPS) is 12.0. The highest BCUT2D eigenvalue weighted by molar-refractivity contribution is 5.98. The van der Waals surface area contributed by atoms with E-state index in [4.69, 9.17) is 4.74 Å². The van der Waals surface area contributed by atoms with E-state index in [1.54, 1.807) is 12.1 Å². The molecule has 0 bridgehead atoms. The zero-order valence-electron chi connectivity index (χ0n) is 18.3. The number of hydrogen-bond acceptors (Lipinski definition) is 4. The van der Waals surface area contributed by atoms with Gasteiger partial charge in [-0.15, -0.1) is 0 Å². The Balaban J connectivity index is 2.05. The summed E-state index contributed by atoms with van der Waals surface area (Å²) in [6.45, 7) is 1.64. The van der Waals surface area contributed by atoms with Gasteiger partial charge in [0.15, 0.2) is 0 Å². The molecule has 0 aliphatic carbocycles. The Labute approximate surface area is 185 Å². The van der Waals surface area contributed by atoms with Crippen molar-refractivity contribution in [3.8, 4) is 11.5 Å². The van der Waals surface area contributed by atoms with Gasteiger partial charge in [-0.3, -0.25) is 0 Å². The molecule has 2 N–H and O–H groups in total. The molecule has 0 atom stereocenters. The molecule has 0 aliphatic heterocycles. The summed E-state index contributed by atoms with van der Waals surface area (Å²) >= 11 is 0. The molecule has 0 unspecified atom stereocenters. The third-order valence-corrected chi connectivity index (χ3v) is 5.12. The first-order chi connectivity index (χ1) is 15.1. The fourth-order valence-corrected chi connectivity index (χ4v) is 3.52. The molecule has 0 radical (unpaired) electrons. The van der Waals surface area contributed by atoms with Gasteiger partial charge in [0.1, 0.15) is 18.1 Å². The Hall–Kier alpha value is -3.08. The van der Waals surface area contributed by atoms with E-state index in [-0.39, 0.29) is 12.4 Å². The van der Waals surface area contributed by atoms with Gasteiger partial charge in [-0.05, 0) is 79.0 Å². The number of phenols is 1. The number of aromatic hydroxyl groups is 1. The van der Waals surface area contributed by atoms with Gasteiger partial charge in [-0.25, -0.2) is 0 Å². The fraction of sp³-hybridized carbons (Fsp3) is 0.259. The van der Waals surface area contributed by atoms with E-state index in [1.165, 1.54) is 5.57 Å². The summed E-state index contributed by atoms with van der Waals surface area (Å²) in [7, 11) is 4.05. The average Bonchev–Trinajstić information content (AvgIpc) is 2.79. The highest BCUT2D eigenvalue weighted by Gasteiger charge is 2.14. The third kappa shape index (κ3) is 6.45. The maximum absolute atomic E-state index is 9.79. The van der Waals surface area contributed by atoms with E-state index in [1.807, 2.05) is 56.6 Å². The maximum atomic E-state index is 9.79. The van der Waals surface area contributed by atoms with E-state index in [2.05, 4.69) is 29.2 Å². The average molecular weight is 418 g/mol. The molecule has 3 aromatic rings. The van der Waals surface area contributed by atoms with Crippen molar-refractivity contribution in [3.63, 3.8) is 0 Å². The van der Waals surface area contributed by atoms with Crippen LogP contribution < -0.4 is 4.74 Å². The molecular weight excluding hydrogens is 386 g/mol. The summed E-state index contributed by atoms with van der Waals surface area (Å²) in [6, 6.07) is 25.7. The molecule has 0 amide bonds. The number of phenolic OH excluding ortho intramolecular Hbond substituents is 1. The van der Waals surface area contributed by atoms with E-state index in [0.717, 1.165) is 41.0 Å². The Morgan fingerprint density at radius 2 is 1.42 bits per heavy atom. The number of nitrogens with zero attached hydrogens (tertiary/aromatic N) is 1. The number of hydrogen-bond donors (Lipinski definition) is 2. The standard InChI is InChI=1S/C27H31NO3/c1-28(2)18-20-31-25-16-12-23(13-17-25)27(22-10-14-24(30)15-11-22)26(9-6-19-29)21-7-4-3-5-8-21/h3-5,7-8,10-17,29-30H,6,9,18-20H2,1-2H3/b27-26+. The number of benzene rings is 3. The van der Waals surface area contributed by atoms with Crippen molar-refractivity contribution in [2.45, 2.75) is 12.8 Å². The topological polar surface area (TPSA) is 52.9 Å². The number of aliphatic hydroxyl groups excluding tert-OH is 1. The van der Waals surface area contributed by atoms with Gasteiger partial charge in [0.25, 0.3) is 0 Å². The lowest BCUT2D eigenvalue weighted by molar-refractivity contribution is 0.261. The molecule has 0 fully saturated rings. The number of rotatable bonds is 10. The van der Waals surface area contributed by atoms with Gasteiger partial charge >= 0.3 is 0 Å². The van der Waals surface area contributed by atoms with Gasteiger partial charge in [0, 0.05) is 13.2 Å². The zero-order chi connectivity index (χ0) is 22.1. The largest absolute Gasteiger partial charge is 0.508 e. The van der Waals surface area contributed by atoms with Gasteiger partial charge < -0.3 is 19.8 Å². The van der Waals surface area contributed by atoms with E-state index in [9.17, 15) is 10.2 Å². The molecule has 4 nitrogen and oxygen atoms in total. The van der Waals surface area contributed by atoms with Crippen LogP contribution in [0.1, 0.15) is 29.5 Å². The van der Waals surface area contributed by atoms with Crippen molar-refractivity contribution in [3.05, 3.63) is 95.6 Å². The SMILES string of the molecule is CN(C)CCOc1ccc(/C(=C(\CCCO)c2ccccc2)c2ccc(O)cc2)cc1. The van der Waals surface area contributed by atoms with Crippen molar-refractivity contribution in [1.29, 1.82) is 0 Å². The Morgan fingerprint density at radius 1 is 0.806 bits per heavy atom. The molecule has 0 heterocycles. The van der Waals surface area contributed by atoms with Crippen LogP contribution in [0, 0.1) is 0 Å². The quantitative estimate of drug-likeness (QED) is 0.453. The molecule has 3 rings (SSSR count). The zero-order valence-corrected chi connectivity index (χ0v) is 18.3. The number of likely N-dealkylation sites (N-methyl/N-ethyl adjacent to an activating group) is 1. The summed E-state index contributed by atoms with van der Waals surface area (Å²) in [5.41, 5.74) is 5.49. The van der Waals surface area contributed by atoms with Crippen LogP contribution >= 0.6 is 0 Å². The van der Waals surface area contributed by atoms with Crippen LogP contribution in [0.5, 0.6) is 11.5 Å². The van der Waals surface area contributed by atoms with Gasteiger partial charge in [-0.2, -0.15) is 0 Å². The molecule has 0 aromatic heterocycles. The molecule has 3 aromatic carbocycles. The molecule has 0 saturated heterocycles. The fourth-order valence-electron chi connectivity index (χ4n) is 3.52. The molecule has 31 heavy (non-hydrogen) atoms. The molecule has 4 heteroatoms. The minimum Gasteiger partial charge on any atom is -0.508 e. The summed E-state index contributed by atoms with van der Waals surface area (Å²) in [4.78, 5) is 2.09. The summed E-state index contributed by atoms with van der Waals surface area (Å²) < 4.78 is 5.86. The molecular formula is C27H31NO3. The lowest BCUT2D eigenvalue weighted by Crippen LogP contribution is -2.19. The van der Waals surface area contributed by atoms with Crippen LogP contribution in [0.15, 0.2) is 78.9 Å². The second-order valence-electron chi connectivity index (χ2n) is 7.77. The minimum atomic E-state index is 0.137. The van der Waals surface area contributed by atoms with Crippen LogP contribution in [0.3, 0.4) is 0 Å². The summed E-state index contributed by atoms with van der Waals surface area (Å²) in [5, 5.41) is 19.3. The van der Waals surface area contributed by atoms with E-state index in [0.29, 0.717) is 13.0 Å². The summed E-state index contributed by atoms with van der Waals surface area (Å²) in [6.07, 6.45) is 1.43. The predicted molar refractivity (Wildman–Crippen MR) is 127 cm³/mol. The second kappa shape index (κ2) is 11.3. The van der Waals surface area contributed by atoms with Crippen molar-refractivity contribution in [2.24, 2.45) is 0 Å². The van der Waals surface area contributed by atoms with Crippen molar-refractivity contribution >= 4 is 11.1 Å². The van der Waals surface area contributed by atoms with Crippen LogP contribution in [0.4, 0.5) is 0 Å². The Kier molecular flexibility index (Phi) is 8.27. The first-order valence-electron chi connectivity index (χ1n) is 10.7.